The van der Waals surface area contributed by atoms with E-state index >= 15 is 0 Å². The number of anilines is 1. The van der Waals surface area contributed by atoms with E-state index < -0.39 is 0 Å². The molecule has 0 aliphatic carbocycles. The van der Waals surface area contributed by atoms with Gasteiger partial charge in [0.25, 0.3) is 0 Å². The molecule has 7 heteroatoms. The molecule has 1 aromatic carbocycles. The van der Waals surface area contributed by atoms with Crippen molar-refractivity contribution in [3.8, 4) is 21.8 Å². The summed E-state index contributed by atoms with van der Waals surface area (Å²) in [5.41, 5.74) is 8.68. The molecule has 114 valence electrons. The second-order valence-corrected chi connectivity index (χ2v) is 6.56. The monoisotopic (exact) mass is 341 g/mol. The van der Waals surface area contributed by atoms with Crippen LogP contribution in [0.1, 0.15) is 0 Å². The molecule has 3 heterocycles. The van der Waals surface area contributed by atoms with Crippen LogP contribution in [-0.2, 0) is 7.05 Å². The van der Waals surface area contributed by atoms with Gasteiger partial charge in [-0.05, 0) is 12.1 Å². The lowest BCUT2D eigenvalue weighted by molar-refractivity contribution is 0.924. The lowest BCUT2D eigenvalue weighted by Gasteiger charge is -2.05. The molecule has 3 aromatic heterocycles. The molecule has 0 aliphatic heterocycles. The van der Waals surface area contributed by atoms with Gasteiger partial charge in [-0.15, -0.1) is 11.3 Å². The van der Waals surface area contributed by atoms with E-state index in [4.69, 9.17) is 17.3 Å². The van der Waals surface area contributed by atoms with Crippen LogP contribution in [0.3, 0.4) is 0 Å². The molecule has 0 unspecified atom stereocenters. The zero-order chi connectivity index (χ0) is 16.0. The number of thiophene rings is 1. The van der Waals surface area contributed by atoms with Crippen molar-refractivity contribution in [2.24, 2.45) is 7.05 Å². The standard InChI is InChI=1S/C16H12ClN5S/c1-22-8-21-13(9-4-2-3-5-11(9)17)14(22)12-6-10-15(18)19-7-20-16(10)23-12/h2-8H,1H3,(H2,18,19,20). The summed E-state index contributed by atoms with van der Waals surface area (Å²) in [6.45, 7) is 0. The molecule has 5 nitrogen and oxygen atoms in total. The number of hydrogen-bond donors (Lipinski definition) is 1. The van der Waals surface area contributed by atoms with Crippen LogP contribution in [0.4, 0.5) is 5.82 Å². The molecule has 4 aromatic rings. The van der Waals surface area contributed by atoms with Crippen LogP contribution in [0, 0.1) is 0 Å². The molecule has 0 fully saturated rings. The van der Waals surface area contributed by atoms with E-state index in [9.17, 15) is 0 Å². The third-order valence-electron chi connectivity index (χ3n) is 3.66. The number of nitrogen functional groups attached to an aromatic ring is 1. The maximum Gasteiger partial charge on any atom is 0.135 e. The highest BCUT2D eigenvalue weighted by Gasteiger charge is 2.18. The summed E-state index contributed by atoms with van der Waals surface area (Å²) in [6, 6.07) is 9.70. The van der Waals surface area contributed by atoms with Crippen molar-refractivity contribution in [3.05, 3.63) is 48.0 Å². The first-order chi connectivity index (χ1) is 11.1. The van der Waals surface area contributed by atoms with Gasteiger partial charge in [0.15, 0.2) is 0 Å². The minimum Gasteiger partial charge on any atom is -0.383 e. The van der Waals surface area contributed by atoms with E-state index in [1.807, 2.05) is 41.9 Å². The Labute approximate surface area is 141 Å². The van der Waals surface area contributed by atoms with Gasteiger partial charge in [-0.3, -0.25) is 0 Å². The summed E-state index contributed by atoms with van der Waals surface area (Å²) in [6.07, 6.45) is 3.27. The van der Waals surface area contributed by atoms with Gasteiger partial charge in [0.1, 0.15) is 17.0 Å². The van der Waals surface area contributed by atoms with Gasteiger partial charge in [-0.2, -0.15) is 0 Å². The number of halogens is 1. The topological polar surface area (TPSA) is 69.6 Å². The van der Waals surface area contributed by atoms with Gasteiger partial charge in [-0.25, -0.2) is 15.0 Å². The van der Waals surface area contributed by atoms with E-state index in [1.54, 1.807) is 17.7 Å². The van der Waals surface area contributed by atoms with Crippen LogP contribution in [0.5, 0.6) is 0 Å². The number of fused-ring (bicyclic) bond motifs is 1. The molecule has 0 amide bonds. The summed E-state index contributed by atoms with van der Waals surface area (Å²) >= 11 is 7.91. The van der Waals surface area contributed by atoms with E-state index in [0.29, 0.717) is 10.8 Å². The van der Waals surface area contributed by atoms with Crippen LogP contribution >= 0.6 is 22.9 Å². The van der Waals surface area contributed by atoms with Crippen LogP contribution in [0.25, 0.3) is 32.0 Å². The first kappa shape index (κ1) is 14.2. The summed E-state index contributed by atoms with van der Waals surface area (Å²) in [4.78, 5) is 14.8. The predicted octanol–water partition coefficient (Wildman–Crippen LogP) is 3.99. The van der Waals surface area contributed by atoms with E-state index in [1.165, 1.54) is 6.33 Å². The number of aromatic nitrogens is 4. The second-order valence-electron chi connectivity index (χ2n) is 5.12. The smallest absolute Gasteiger partial charge is 0.135 e. The molecule has 0 bridgehead atoms. The van der Waals surface area contributed by atoms with Crippen molar-refractivity contribution in [1.29, 1.82) is 0 Å². The Balaban J connectivity index is 1.97. The van der Waals surface area contributed by atoms with Gasteiger partial charge in [0, 0.05) is 12.6 Å². The Hall–Kier alpha value is -2.44. The quantitative estimate of drug-likeness (QED) is 0.598. The third-order valence-corrected chi connectivity index (χ3v) is 5.04. The number of aryl methyl sites for hydroxylation is 1. The average molecular weight is 342 g/mol. The molecule has 0 saturated carbocycles. The summed E-state index contributed by atoms with van der Waals surface area (Å²) in [5, 5.41) is 1.53. The molecule has 23 heavy (non-hydrogen) atoms. The number of nitrogens with zero attached hydrogens (tertiary/aromatic N) is 4. The second kappa shape index (κ2) is 5.33. The fourth-order valence-electron chi connectivity index (χ4n) is 2.56. The molecule has 0 spiro atoms. The number of imidazole rings is 1. The Bertz CT molecular complexity index is 1020. The SMILES string of the molecule is Cn1cnc(-c2ccccc2Cl)c1-c1cc2c(N)ncnc2s1. The lowest BCUT2D eigenvalue weighted by Crippen LogP contribution is -1.90. The van der Waals surface area contributed by atoms with Crippen molar-refractivity contribution >= 4 is 39.0 Å². The van der Waals surface area contributed by atoms with Crippen molar-refractivity contribution in [2.45, 2.75) is 0 Å². The maximum absolute atomic E-state index is 6.34. The molecular formula is C16H12ClN5S. The number of rotatable bonds is 2. The maximum atomic E-state index is 6.34. The van der Waals surface area contributed by atoms with Gasteiger partial charge >= 0.3 is 0 Å². The largest absolute Gasteiger partial charge is 0.383 e. The third kappa shape index (κ3) is 2.27. The Morgan fingerprint density at radius 1 is 1.17 bits per heavy atom. The predicted molar refractivity (Wildman–Crippen MR) is 94.5 cm³/mol. The van der Waals surface area contributed by atoms with Gasteiger partial charge < -0.3 is 10.3 Å². The summed E-state index contributed by atoms with van der Waals surface area (Å²) < 4.78 is 1.98. The summed E-state index contributed by atoms with van der Waals surface area (Å²) in [5.74, 6) is 0.485. The van der Waals surface area contributed by atoms with Crippen LogP contribution in [0.2, 0.25) is 5.02 Å². The average Bonchev–Trinajstić information content (AvgIpc) is 3.12. The van der Waals surface area contributed by atoms with Gasteiger partial charge in [0.2, 0.25) is 0 Å². The minimum absolute atomic E-state index is 0.485. The first-order valence-electron chi connectivity index (χ1n) is 6.92. The van der Waals surface area contributed by atoms with Gasteiger partial charge in [0.05, 0.1) is 33.0 Å². The van der Waals surface area contributed by atoms with Crippen LogP contribution in [-0.4, -0.2) is 19.5 Å². The van der Waals surface area contributed by atoms with E-state index in [-0.39, 0.29) is 0 Å². The summed E-state index contributed by atoms with van der Waals surface area (Å²) in [7, 11) is 1.96. The molecule has 4 rings (SSSR count). The van der Waals surface area contributed by atoms with E-state index in [0.717, 1.165) is 32.0 Å². The fourth-order valence-corrected chi connectivity index (χ4v) is 3.88. The van der Waals surface area contributed by atoms with Crippen molar-refractivity contribution < 1.29 is 0 Å². The molecule has 0 atom stereocenters. The van der Waals surface area contributed by atoms with Crippen LogP contribution < -0.4 is 5.73 Å². The normalized spacial score (nSPS) is 11.2. The van der Waals surface area contributed by atoms with Crippen LogP contribution in [0.15, 0.2) is 43.0 Å². The molecular weight excluding hydrogens is 330 g/mol. The number of benzene rings is 1. The highest BCUT2D eigenvalue weighted by atomic mass is 35.5. The molecule has 0 aliphatic rings. The highest BCUT2D eigenvalue weighted by molar-refractivity contribution is 7.21. The minimum atomic E-state index is 0.485. The molecule has 2 N–H and O–H groups in total. The number of nitrogens with two attached hydrogens (primary N) is 1. The van der Waals surface area contributed by atoms with Crippen molar-refractivity contribution in [1.82, 2.24) is 19.5 Å². The highest BCUT2D eigenvalue weighted by Crippen LogP contribution is 2.40. The van der Waals surface area contributed by atoms with Crippen molar-refractivity contribution in [3.63, 3.8) is 0 Å². The molecule has 0 radical (unpaired) electrons. The molecule has 0 saturated heterocycles. The zero-order valence-electron chi connectivity index (χ0n) is 12.2. The Morgan fingerprint density at radius 2 is 2.00 bits per heavy atom. The fraction of sp³-hybridized carbons (Fsp3) is 0.0625. The first-order valence-corrected chi connectivity index (χ1v) is 8.11. The zero-order valence-corrected chi connectivity index (χ0v) is 13.8. The Morgan fingerprint density at radius 3 is 2.78 bits per heavy atom. The number of hydrogen-bond acceptors (Lipinski definition) is 5. The van der Waals surface area contributed by atoms with Crippen molar-refractivity contribution in [2.75, 3.05) is 5.73 Å². The van der Waals surface area contributed by atoms with E-state index in [2.05, 4.69) is 15.0 Å². The van der Waals surface area contributed by atoms with Gasteiger partial charge in [-0.1, -0.05) is 29.8 Å². The lowest BCUT2D eigenvalue weighted by atomic mass is 10.1. The Kier molecular flexibility index (Phi) is 3.28.